The van der Waals surface area contributed by atoms with E-state index >= 15 is 0 Å². The molecule has 0 radical (unpaired) electrons. The Labute approximate surface area is 184 Å². The van der Waals surface area contributed by atoms with Crippen LogP contribution in [0.5, 0.6) is 0 Å². The summed E-state index contributed by atoms with van der Waals surface area (Å²) < 4.78 is 27.3. The molecule has 3 amide bonds. The second kappa shape index (κ2) is 9.04. The van der Waals surface area contributed by atoms with E-state index in [-0.39, 0.29) is 32.3 Å². The zero-order chi connectivity index (χ0) is 22.8. The number of nitrogens with zero attached hydrogens (tertiary/aromatic N) is 1. The first-order chi connectivity index (χ1) is 14.6. The van der Waals surface area contributed by atoms with Crippen molar-refractivity contribution >= 4 is 45.0 Å². The third-order valence-electron chi connectivity index (χ3n) is 4.89. The van der Waals surface area contributed by atoms with Gasteiger partial charge in [-0.15, -0.1) is 0 Å². The molecule has 31 heavy (non-hydrogen) atoms. The SMILES string of the molecule is NC(=O)c1cc(NC(=O)c2ccc(Cl)c(S(=O)(=O)N3CCCCC3)c2)cc(C(N)=O)c1. The number of halogens is 1. The Bertz CT molecular complexity index is 1130. The van der Waals surface area contributed by atoms with Gasteiger partial charge < -0.3 is 16.8 Å². The first kappa shape index (κ1) is 22.7. The van der Waals surface area contributed by atoms with E-state index in [0.717, 1.165) is 19.3 Å². The van der Waals surface area contributed by atoms with E-state index in [1.807, 2.05) is 0 Å². The Morgan fingerprint density at radius 3 is 2.00 bits per heavy atom. The summed E-state index contributed by atoms with van der Waals surface area (Å²) in [5.74, 6) is -2.27. The van der Waals surface area contributed by atoms with Crippen molar-refractivity contribution in [3.8, 4) is 0 Å². The number of nitrogens with one attached hydrogen (secondary N) is 1. The lowest BCUT2D eigenvalue weighted by Gasteiger charge is -2.26. The van der Waals surface area contributed by atoms with Gasteiger partial charge in [0.1, 0.15) is 4.90 Å². The van der Waals surface area contributed by atoms with E-state index in [2.05, 4.69) is 5.32 Å². The Morgan fingerprint density at radius 1 is 0.871 bits per heavy atom. The molecule has 5 N–H and O–H groups in total. The number of amides is 3. The molecule has 0 aliphatic carbocycles. The van der Waals surface area contributed by atoms with Gasteiger partial charge in [0.2, 0.25) is 21.8 Å². The second-order valence-electron chi connectivity index (χ2n) is 7.09. The van der Waals surface area contributed by atoms with Crippen LogP contribution in [0.25, 0.3) is 0 Å². The minimum absolute atomic E-state index is 0.00821. The second-order valence-corrected chi connectivity index (χ2v) is 9.41. The number of hydrogen-bond acceptors (Lipinski definition) is 5. The molecule has 2 aromatic rings. The third kappa shape index (κ3) is 5.04. The van der Waals surface area contributed by atoms with Gasteiger partial charge in [0.05, 0.1) is 5.02 Å². The lowest BCUT2D eigenvalue weighted by Crippen LogP contribution is -2.35. The minimum atomic E-state index is -3.86. The van der Waals surface area contributed by atoms with Crippen molar-refractivity contribution < 1.29 is 22.8 Å². The monoisotopic (exact) mass is 464 g/mol. The highest BCUT2D eigenvalue weighted by molar-refractivity contribution is 7.89. The van der Waals surface area contributed by atoms with Gasteiger partial charge in [0, 0.05) is 35.5 Å². The molecule has 0 unspecified atom stereocenters. The smallest absolute Gasteiger partial charge is 0.255 e. The third-order valence-corrected chi connectivity index (χ3v) is 7.27. The lowest BCUT2D eigenvalue weighted by molar-refractivity contribution is 0.0994. The summed E-state index contributed by atoms with van der Waals surface area (Å²) in [5.41, 5.74) is 10.6. The van der Waals surface area contributed by atoms with Gasteiger partial charge in [-0.1, -0.05) is 18.0 Å². The topological polar surface area (TPSA) is 153 Å². The predicted octanol–water partition coefficient (Wildman–Crippen LogP) is 1.96. The van der Waals surface area contributed by atoms with Crippen LogP contribution in [0.1, 0.15) is 50.3 Å². The first-order valence-corrected chi connectivity index (χ1v) is 11.3. The highest BCUT2D eigenvalue weighted by atomic mass is 35.5. The summed E-state index contributed by atoms with van der Waals surface area (Å²) in [7, 11) is -3.86. The predicted molar refractivity (Wildman–Crippen MR) is 115 cm³/mol. The van der Waals surface area contributed by atoms with Crippen molar-refractivity contribution in [3.63, 3.8) is 0 Å². The maximum Gasteiger partial charge on any atom is 0.255 e. The van der Waals surface area contributed by atoms with Crippen LogP contribution in [-0.2, 0) is 10.0 Å². The maximum atomic E-state index is 13.0. The van der Waals surface area contributed by atoms with Gasteiger partial charge in [-0.25, -0.2) is 8.42 Å². The van der Waals surface area contributed by atoms with Gasteiger partial charge in [-0.05, 0) is 49.2 Å². The number of carbonyl (C=O) groups is 3. The summed E-state index contributed by atoms with van der Waals surface area (Å²) >= 11 is 6.14. The fourth-order valence-electron chi connectivity index (χ4n) is 3.27. The van der Waals surface area contributed by atoms with Crippen molar-refractivity contribution in [3.05, 3.63) is 58.1 Å². The molecule has 164 valence electrons. The summed E-state index contributed by atoms with van der Waals surface area (Å²) in [6.45, 7) is 0.787. The molecule has 1 aliphatic heterocycles. The minimum Gasteiger partial charge on any atom is -0.366 e. The maximum absolute atomic E-state index is 13.0. The molecule has 3 rings (SSSR count). The van der Waals surface area contributed by atoms with E-state index in [1.54, 1.807) is 0 Å². The van der Waals surface area contributed by atoms with Gasteiger partial charge >= 0.3 is 0 Å². The first-order valence-electron chi connectivity index (χ1n) is 9.45. The Hall–Kier alpha value is -2.95. The number of piperidine rings is 1. The molecule has 1 fully saturated rings. The van der Waals surface area contributed by atoms with Crippen LogP contribution in [0.4, 0.5) is 5.69 Å². The van der Waals surface area contributed by atoms with E-state index < -0.39 is 27.7 Å². The van der Waals surface area contributed by atoms with E-state index in [9.17, 15) is 22.8 Å². The van der Waals surface area contributed by atoms with Crippen molar-refractivity contribution in [1.82, 2.24) is 4.31 Å². The average Bonchev–Trinajstić information content (AvgIpc) is 2.74. The molecular formula is C20H21ClN4O5S. The normalized spacial score (nSPS) is 14.7. The standard InChI is InChI=1S/C20H21ClN4O5S/c21-16-5-4-12(11-17(16)31(29,30)25-6-2-1-3-7-25)20(28)24-15-9-13(18(22)26)8-14(10-15)19(23)27/h4-5,8-11H,1-3,6-7H2,(H2,22,26)(H2,23,27)(H,24,28). The molecule has 0 atom stereocenters. The molecule has 1 aliphatic rings. The number of primary amides is 2. The van der Waals surface area contributed by atoms with E-state index in [1.165, 1.54) is 40.7 Å². The summed E-state index contributed by atoms with van der Waals surface area (Å²) in [4.78, 5) is 35.6. The van der Waals surface area contributed by atoms with E-state index in [4.69, 9.17) is 23.1 Å². The molecule has 0 aromatic heterocycles. The summed E-state index contributed by atoms with van der Waals surface area (Å²) in [6.07, 6.45) is 2.48. The lowest BCUT2D eigenvalue weighted by atomic mass is 10.1. The van der Waals surface area contributed by atoms with Crippen LogP contribution >= 0.6 is 11.6 Å². The number of nitrogens with two attached hydrogens (primary N) is 2. The van der Waals surface area contributed by atoms with Gasteiger partial charge in [0.25, 0.3) is 5.91 Å². The van der Waals surface area contributed by atoms with Crippen LogP contribution in [0.2, 0.25) is 5.02 Å². The number of anilines is 1. The number of rotatable bonds is 6. The van der Waals surface area contributed by atoms with Crippen molar-refractivity contribution in [2.45, 2.75) is 24.2 Å². The van der Waals surface area contributed by atoms with Crippen LogP contribution < -0.4 is 16.8 Å². The molecular weight excluding hydrogens is 444 g/mol. The molecule has 2 aromatic carbocycles. The fraction of sp³-hybridized carbons (Fsp3) is 0.250. The molecule has 1 heterocycles. The van der Waals surface area contributed by atoms with Gasteiger partial charge in [-0.3, -0.25) is 14.4 Å². The number of hydrogen-bond donors (Lipinski definition) is 3. The molecule has 0 bridgehead atoms. The van der Waals surface area contributed by atoms with E-state index in [0.29, 0.717) is 13.1 Å². The molecule has 1 saturated heterocycles. The van der Waals surface area contributed by atoms with Crippen LogP contribution in [0.3, 0.4) is 0 Å². The average molecular weight is 465 g/mol. The quantitative estimate of drug-likeness (QED) is 0.596. The number of sulfonamides is 1. The summed E-state index contributed by atoms with van der Waals surface area (Å²) in [5, 5.41) is 2.53. The molecule has 11 heteroatoms. The Morgan fingerprint density at radius 2 is 1.45 bits per heavy atom. The molecule has 0 spiro atoms. The van der Waals surface area contributed by atoms with Crippen molar-refractivity contribution in [1.29, 1.82) is 0 Å². The molecule has 9 nitrogen and oxygen atoms in total. The number of benzene rings is 2. The number of carbonyl (C=O) groups excluding carboxylic acids is 3. The highest BCUT2D eigenvalue weighted by Crippen LogP contribution is 2.28. The van der Waals surface area contributed by atoms with Gasteiger partial charge in [0.15, 0.2) is 0 Å². The highest BCUT2D eigenvalue weighted by Gasteiger charge is 2.28. The fourth-order valence-corrected chi connectivity index (χ4v) is 5.29. The zero-order valence-electron chi connectivity index (χ0n) is 16.4. The largest absolute Gasteiger partial charge is 0.366 e. The van der Waals surface area contributed by atoms with Crippen LogP contribution in [-0.4, -0.2) is 43.5 Å². The van der Waals surface area contributed by atoms with Crippen LogP contribution in [0.15, 0.2) is 41.3 Å². The Balaban J connectivity index is 1.92. The van der Waals surface area contributed by atoms with Gasteiger partial charge in [-0.2, -0.15) is 4.31 Å². The molecule has 0 saturated carbocycles. The summed E-state index contributed by atoms with van der Waals surface area (Å²) in [6, 6.07) is 7.70. The van der Waals surface area contributed by atoms with Crippen molar-refractivity contribution in [2.24, 2.45) is 11.5 Å². The zero-order valence-corrected chi connectivity index (χ0v) is 18.0. The van der Waals surface area contributed by atoms with Crippen molar-refractivity contribution in [2.75, 3.05) is 18.4 Å². The Kier molecular flexibility index (Phi) is 6.63. The van der Waals surface area contributed by atoms with Crippen LogP contribution in [0, 0.1) is 0 Å².